The first-order valence-electron chi connectivity index (χ1n) is 6.25. The molecule has 1 heterocycles. The molecular formula is C12H20ClNOS. The lowest BCUT2D eigenvalue weighted by atomic mass is 9.83. The van der Waals surface area contributed by atoms with Crippen LogP contribution < -0.4 is 5.32 Å². The molecule has 2 rings (SSSR count). The van der Waals surface area contributed by atoms with Crippen LogP contribution in [0.5, 0.6) is 0 Å². The Morgan fingerprint density at radius 1 is 1.31 bits per heavy atom. The van der Waals surface area contributed by atoms with E-state index in [1.54, 1.807) is 11.8 Å². The molecule has 1 amide bonds. The highest BCUT2D eigenvalue weighted by atomic mass is 35.5. The first-order valence-corrected chi connectivity index (χ1v) is 7.84. The summed E-state index contributed by atoms with van der Waals surface area (Å²) in [6, 6.07) is 0. The van der Waals surface area contributed by atoms with E-state index in [2.05, 4.69) is 5.32 Å². The van der Waals surface area contributed by atoms with Crippen LogP contribution in [0.4, 0.5) is 0 Å². The second-order valence-corrected chi connectivity index (χ2v) is 6.54. The van der Waals surface area contributed by atoms with Crippen molar-refractivity contribution in [3.63, 3.8) is 0 Å². The highest BCUT2D eigenvalue weighted by Gasteiger charge is 2.35. The fraction of sp³-hybridized carbons (Fsp3) is 0.917. The third-order valence-electron chi connectivity index (χ3n) is 3.68. The number of carbonyl (C=O) groups excluding carboxylic acids is 1. The molecule has 16 heavy (non-hydrogen) atoms. The van der Waals surface area contributed by atoms with E-state index in [4.69, 9.17) is 11.6 Å². The Bertz CT molecular complexity index is 247. The number of alkyl halides is 1. The van der Waals surface area contributed by atoms with Crippen LogP contribution in [0.2, 0.25) is 0 Å². The van der Waals surface area contributed by atoms with E-state index in [0.29, 0.717) is 5.88 Å². The molecule has 1 aliphatic carbocycles. The summed E-state index contributed by atoms with van der Waals surface area (Å²) in [5.74, 6) is 1.92. The van der Waals surface area contributed by atoms with Gasteiger partial charge in [0.1, 0.15) is 0 Å². The molecule has 1 saturated heterocycles. The average molecular weight is 262 g/mol. The van der Waals surface area contributed by atoms with E-state index in [1.807, 2.05) is 0 Å². The maximum Gasteiger partial charge on any atom is 0.233 e. The van der Waals surface area contributed by atoms with Gasteiger partial charge >= 0.3 is 0 Å². The van der Waals surface area contributed by atoms with E-state index >= 15 is 0 Å². The molecule has 0 aromatic rings. The highest BCUT2D eigenvalue weighted by Crippen LogP contribution is 2.31. The lowest BCUT2D eigenvalue weighted by Crippen LogP contribution is -2.53. The van der Waals surface area contributed by atoms with Gasteiger partial charge in [-0.1, -0.05) is 19.3 Å². The van der Waals surface area contributed by atoms with Crippen LogP contribution >= 0.6 is 23.4 Å². The van der Waals surface area contributed by atoms with Gasteiger partial charge in [-0.2, -0.15) is 0 Å². The molecule has 0 bridgehead atoms. The molecule has 1 N–H and O–H groups in total. The summed E-state index contributed by atoms with van der Waals surface area (Å²) < 4.78 is 0. The van der Waals surface area contributed by atoms with E-state index in [1.165, 1.54) is 25.7 Å². The van der Waals surface area contributed by atoms with Crippen LogP contribution in [0.3, 0.4) is 0 Å². The van der Waals surface area contributed by atoms with Gasteiger partial charge in [0.05, 0.1) is 10.8 Å². The van der Waals surface area contributed by atoms with Gasteiger partial charge in [0.15, 0.2) is 0 Å². The van der Waals surface area contributed by atoms with Gasteiger partial charge in [0.2, 0.25) is 5.91 Å². The van der Waals surface area contributed by atoms with Gasteiger partial charge in [-0.05, 0) is 31.4 Å². The van der Waals surface area contributed by atoms with Gasteiger partial charge in [-0.25, -0.2) is 0 Å². The molecule has 4 heteroatoms. The topological polar surface area (TPSA) is 29.1 Å². The number of carbonyl (C=O) groups is 1. The van der Waals surface area contributed by atoms with E-state index in [0.717, 1.165) is 25.0 Å². The van der Waals surface area contributed by atoms with Crippen LogP contribution in [-0.4, -0.2) is 28.3 Å². The zero-order valence-electron chi connectivity index (χ0n) is 9.64. The van der Waals surface area contributed by atoms with Crippen molar-refractivity contribution in [2.45, 2.75) is 55.7 Å². The summed E-state index contributed by atoms with van der Waals surface area (Å²) in [6.07, 6.45) is 8.01. The van der Waals surface area contributed by atoms with Crippen LogP contribution in [-0.2, 0) is 4.79 Å². The first kappa shape index (κ1) is 12.6. The third-order valence-corrected chi connectivity index (χ3v) is 5.57. The van der Waals surface area contributed by atoms with Crippen molar-refractivity contribution in [3.05, 3.63) is 0 Å². The molecule has 0 aromatic carbocycles. The molecule has 2 aliphatic rings. The summed E-state index contributed by atoms with van der Waals surface area (Å²) in [4.78, 5) is 12.1. The Morgan fingerprint density at radius 3 is 2.62 bits per heavy atom. The van der Waals surface area contributed by atoms with Crippen LogP contribution in [0.25, 0.3) is 0 Å². The quantitative estimate of drug-likeness (QED) is 0.792. The SMILES string of the molecule is O=C(NC1(CCl)CCCCC1)C1CCCS1. The number of rotatable bonds is 3. The average Bonchev–Trinajstić information content (AvgIpc) is 2.84. The van der Waals surface area contributed by atoms with Crippen molar-refractivity contribution >= 4 is 29.3 Å². The van der Waals surface area contributed by atoms with Crippen molar-refractivity contribution in [1.29, 1.82) is 0 Å². The number of amides is 1. The molecule has 0 aromatic heterocycles. The molecule has 92 valence electrons. The summed E-state index contributed by atoms with van der Waals surface area (Å²) in [5, 5.41) is 3.41. The number of nitrogens with one attached hydrogen (secondary N) is 1. The first-order chi connectivity index (χ1) is 7.76. The van der Waals surface area contributed by atoms with E-state index in [9.17, 15) is 4.79 Å². The largest absolute Gasteiger partial charge is 0.349 e. The van der Waals surface area contributed by atoms with Crippen LogP contribution in [0, 0.1) is 0 Å². The van der Waals surface area contributed by atoms with Crippen molar-refractivity contribution in [2.24, 2.45) is 0 Å². The van der Waals surface area contributed by atoms with Crippen molar-refractivity contribution in [1.82, 2.24) is 5.32 Å². The molecule has 2 fully saturated rings. The molecule has 1 atom stereocenters. The summed E-state index contributed by atoms with van der Waals surface area (Å²) in [5.41, 5.74) is -0.0972. The lowest BCUT2D eigenvalue weighted by Gasteiger charge is -2.37. The lowest BCUT2D eigenvalue weighted by molar-refractivity contribution is -0.122. The summed E-state index contributed by atoms with van der Waals surface area (Å²) in [7, 11) is 0. The van der Waals surface area contributed by atoms with Gasteiger partial charge in [0.25, 0.3) is 0 Å². The highest BCUT2D eigenvalue weighted by molar-refractivity contribution is 8.00. The molecule has 0 radical (unpaired) electrons. The predicted molar refractivity (Wildman–Crippen MR) is 70.2 cm³/mol. The minimum Gasteiger partial charge on any atom is -0.349 e. The van der Waals surface area contributed by atoms with Gasteiger partial charge in [-0.3, -0.25) is 4.79 Å². The normalized spacial score (nSPS) is 28.9. The Kier molecular flexibility index (Phi) is 4.42. The molecule has 1 saturated carbocycles. The Morgan fingerprint density at radius 2 is 2.06 bits per heavy atom. The number of hydrogen-bond donors (Lipinski definition) is 1. The smallest absolute Gasteiger partial charge is 0.233 e. The number of halogens is 1. The van der Waals surface area contributed by atoms with Gasteiger partial charge in [-0.15, -0.1) is 23.4 Å². The van der Waals surface area contributed by atoms with E-state index in [-0.39, 0.29) is 16.7 Å². The molecule has 1 aliphatic heterocycles. The van der Waals surface area contributed by atoms with Gasteiger partial charge in [0, 0.05) is 5.88 Å². The maximum absolute atomic E-state index is 12.1. The molecule has 0 spiro atoms. The Labute approximate surface area is 107 Å². The van der Waals surface area contributed by atoms with Gasteiger partial charge < -0.3 is 5.32 Å². The fourth-order valence-corrected chi connectivity index (χ4v) is 4.14. The van der Waals surface area contributed by atoms with Crippen LogP contribution in [0.1, 0.15) is 44.9 Å². The van der Waals surface area contributed by atoms with Crippen molar-refractivity contribution < 1.29 is 4.79 Å². The van der Waals surface area contributed by atoms with E-state index < -0.39 is 0 Å². The molecule has 1 unspecified atom stereocenters. The summed E-state index contributed by atoms with van der Waals surface area (Å²) >= 11 is 7.86. The summed E-state index contributed by atoms with van der Waals surface area (Å²) in [6.45, 7) is 0. The zero-order valence-corrected chi connectivity index (χ0v) is 11.2. The zero-order chi connectivity index (χ0) is 11.4. The van der Waals surface area contributed by atoms with Crippen LogP contribution in [0.15, 0.2) is 0 Å². The maximum atomic E-state index is 12.1. The van der Waals surface area contributed by atoms with Crippen molar-refractivity contribution in [3.8, 4) is 0 Å². The second kappa shape index (κ2) is 5.63. The third kappa shape index (κ3) is 2.86. The monoisotopic (exact) mass is 261 g/mol. The fourth-order valence-electron chi connectivity index (χ4n) is 2.65. The molecule has 2 nitrogen and oxygen atoms in total. The Balaban J connectivity index is 1.91. The Hall–Kier alpha value is 0.110. The van der Waals surface area contributed by atoms with Crippen molar-refractivity contribution in [2.75, 3.05) is 11.6 Å². The minimum atomic E-state index is -0.0972. The standard InChI is InChI=1S/C12H20ClNOS/c13-9-12(6-2-1-3-7-12)14-11(15)10-5-4-8-16-10/h10H,1-9H2,(H,14,15). The number of hydrogen-bond acceptors (Lipinski definition) is 2. The second-order valence-electron chi connectivity index (χ2n) is 4.97. The number of thioether (sulfide) groups is 1. The minimum absolute atomic E-state index is 0.0972. The molecular weight excluding hydrogens is 242 g/mol. The predicted octanol–water partition coefficient (Wildman–Crippen LogP) is 2.94.